The van der Waals surface area contributed by atoms with E-state index in [1.165, 1.54) is 16.9 Å². The number of fused-ring (bicyclic) bond motifs is 1. The molecule has 3 aromatic heterocycles. The van der Waals surface area contributed by atoms with E-state index in [9.17, 15) is 4.79 Å². The van der Waals surface area contributed by atoms with E-state index >= 15 is 0 Å². The number of rotatable bonds is 4. The molecule has 5 nitrogen and oxygen atoms in total. The second-order valence-corrected chi connectivity index (χ2v) is 6.86. The first kappa shape index (κ1) is 16.4. The zero-order chi connectivity index (χ0) is 17.9. The first-order valence-electron chi connectivity index (χ1n) is 8.21. The van der Waals surface area contributed by atoms with Crippen LogP contribution in [0.5, 0.6) is 0 Å². The van der Waals surface area contributed by atoms with E-state index in [1.807, 2.05) is 60.8 Å². The molecule has 4 aromatic rings. The van der Waals surface area contributed by atoms with Crippen LogP contribution in [0.1, 0.15) is 11.1 Å². The summed E-state index contributed by atoms with van der Waals surface area (Å²) < 4.78 is 0. The Hall–Kier alpha value is -3.12. The molecule has 0 aliphatic heterocycles. The van der Waals surface area contributed by atoms with Crippen molar-refractivity contribution in [1.29, 1.82) is 0 Å². The summed E-state index contributed by atoms with van der Waals surface area (Å²) in [6.07, 6.45) is 2.00. The number of anilines is 1. The molecule has 0 aliphatic carbocycles. The molecule has 6 heteroatoms. The number of benzene rings is 1. The summed E-state index contributed by atoms with van der Waals surface area (Å²) in [5, 5.41) is 5.71. The van der Waals surface area contributed by atoms with Crippen LogP contribution in [0, 0.1) is 6.92 Å². The number of nitrogens with zero attached hydrogens (tertiary/aromatic N) is 3. The standard InChI is InChI=1S/C20H16N4OS/c1-13-5-7-14(8-6-13)12-17(25)22-18-15-9-11-26-20(15)24-19(23-18)16-4-2-3-10-21-16/h2-11H,12H2,1H3,(H,22,23,24,25). The normalized spacial score (nSPS) is 10.8. The van der Waals surface area contributed by atoms with Crippen LogP contribution in [0.25, 0.3) is 21.7 Å². The minimum Gasteiger partial charge on any atom is -0.310 e. The molecule has 26 heavy (non-hydrogen) atoms. The van der Waals surface area contributed by atoms with Gasteiger partial charge in [0, 0.05) is 6.20 Å². The number of pyridine rings is 1. The minimum atomic E-state index is -0.105. The maximum atomic E-state index is 12.5. The van der Waals surface area contributed by atoms with Crippen LogP contribution in [-0.2, 0) is 11.2 Å². The topological polar surface area (TPSA) is 67.8 Å². The van der Waals surface area contributed by atoms with Gasteiger partial charge in [-0.3, -0.25) is 9.78 Å². The van der Waals surface area contributed by atoms with Gasteiger partial charge >= 0.3 is 0 Å². The van der Waals surface area contributed by atoms with Crippen molar-refractivity contribution < 1.29 is 4.79 Å². The van der Waals surface area contributed by atoms with Gasteiger partial charge in [0.1, 0.15) is 16.3 Å². The van der Waals surface area contributed by atoms with E-state index < -0.39 is 0 Å². The third-order valence-corrected chi connectivity index (χ3v) is 4.77. The van der Waals surface area contributed by atoms with Gasteiger partial charge in [-0.2, -0.15) is 0 Å². The molecule has 0 fully saturated rings. The van der Waals surface area contributed by atoms with Gasteiger partial charge in [-0.05, 0) is 36.1 Å². The second-order valence-electron chi connectivity index (χ2n) is 5.96. The molecule has 1 N–H and O–H groups in total. The monoisotopic (exact) mass is 360 g/mol. The van der Waals surface area contributed by atoms with E-state index in [4.69, 9.17) is 0 Å². The van der Waals surface area contributed by atoms with Gasteiger partial charge in [0.2, 0.25) is 5.91 Å². The number of aryl methyl sites for hydroxylation is 1. The molecule has 4 rings (SSSR count). The summed E-state index contributed by atoms with van der Waals surface area (Å²) in [5.74, 6) is 0.923. The number of aromatic nitrogens is 3. The van der Waals surface area contributed by atoms with Gasteiger partial charge in [0.15, 0.2) is 5.82 Å². The summed E-state index contributed by atoms with van der Waals surface area (Å²) in [4.78, 5) is 26.7. The number of nitrogens with one attached hydrogen (secondary N) is 1. The van der Waals surface area contributed by atoms with Gasteiger partial charge in [-0.15, -0.1) is 11.3 Å². The Bertz CT molecular complexity index is 1060. The molecule has 0 unspecified atom stereocenters. The summed E-state index contributed by atoms with van der Waals surface area (Å²) >= 11 is 1.51. The molecular formula is C20H16N4OS. The van der Waals surface area contributed by atoms with Crippen molar-refractivity contribution in [3.8, 4) is 11.5 Å². The van der Waals surface area contributed by atoms with E-state index in [2.05, 4.69) is 20.3 Å². The van der Waals surface area contributed by atoms with Crippen LogP contribution in [-0.4, -0.2) is 20.9 Å². The first-order chi connectivity index (χ1) is 12.7. The van der Waals surface area contributed by atoms with Crippen molar-refractivity contribution in [2.45, 2.75) is 13.3 Å². The summed E-state index contributed by atoms with van der Waals surface area (Å²) in [6.45, 7) is 2.02. The zero-order valence-electron chi connectivity index (χ0n) is 14.1. The highest BCUT2D eigenvalue weighted by Crippen LogP contribution is 2.28. The molecule has 0 spiro atoms. The SMILES string of the molecule is Cc1ccc(CC(=O)Nc2nc(-c3ccccn3)nc3sccc23)cc1. The highest BCUT2D eigenvalue weighted by molar-refractivity contribution is 7.16. The number of hydrogen-bond acceptors (Lipinski definition) is 5. The molecule has 3 heterocycles. The third kappa shape index (κ3) is 3.45. The molecule has 0 bridgehead atoms. The van der Waals surface area contributed by atoms with Crippen LogP contribution in [0.15, 0.2) is 60.1 Å². The fourth-order valence-corrected chi connectivity index (χ4v) is 3.39. The lowest BCUT2D eigenvalue weighted by molar-refractivity contribution is -0.115. The molecule has 0 radical (unpaired) electrons. The molecule has 1 aromatic carbocycles. The zero-order valence-corrected chi connectivity index (χ0v) is 15.0. The lowest BCUT2D eigenvalue weighted by Gasteiger charge is -2.08. The second kappa shape index (κ2) is 7.01. The van der Waals surface area contributed by atoms with Gasteiger partial charge in [-0.1, -0.05) is 35.9 Å². The average molecular weight is 360 g/mol. The van der Waals surface area contributed by atoms with E-state index in [1.54, 1.807) is 6.20 Å². The van der Waals surface area contributed by atoms with Gasteiger partial charge in [0.25, 0.3) is 0 Å². The smallest absolute Gasteiger partial charge is 0.229 e. The Kier molecular flexibility index (Phi) is 4.41. The fourth-order valence-electron chi connectivity index (χ4n) is 2.63. The lowest BCUT2D eigenvalue weighted by atomic mass is 10.1. The Morgan fingerprint density at radius 1 is 1.08 bits per heavy atom. The van der Waals surface area contributed by atoms with Gasteiger partial charge in [0.05, 0.1) is 11.8 Å². The van der Waals surface area contributed by atoms with Crippen LogP contribution in [0.3, 0.4) is 0 Å². The van der Waals surface area contributed by atoms with Crippen molar-refractivity contribution in [3.05, 3.63) is 71.2 Å². The number of hydrogen-bond donors (Lipinski definition) is 1. The van der Waals surface area contributed by atoms with Crippen LogP contribution in [0.4, 0.5) is 5.82 Å². The number of carbonyl (C=O) groups is 1. The molecule has 0 atom stereocenters. The van der Waals surface area contributed by atoms with Crippen molar-refractivity contribution >= 4 is 33.3 Å². The molecule has 0 saturated heterocycles. The Labute approximate surface area is 154 Å². The highest BCUT2D eigenvalue weighted by Gasteiger charge is 2.13. The van der Waals surface area contributed by atoms with Crippen LogP contribution < -0.4 is 5.32 Å². The lowest BCUT2D eigenvalue weighted by Crippen LogP contribution is -2.16. The van der Waals surface area contributed by atoms with Crippen LogP contribution in [0.2, 0.25) is 0 Å². The van der Waals surface area contributed by atoms with Crippen LogP contribution >= 0.6 is 11.3 Å². The molecular weight excluding hydrogens is 344 g/mol. The number of amides is 1. The quantitative estimate of drug-likeness (QED) is 0.591. The molecule has 1 amide bonds. The maximum Gasteiger partial charge on any atom is 0.229 e. The number of thiophene rings is 1. The highest BCUT2D eigenvalue weighted by atomic mass is 32.1. The third-order valence-electron chi connectivity index (χ3n) is 3.96. The van der Waals surface area contributed by atoms with E-state index in [0.717, 1.165) is 15.8 Å². The Morgan fingerprint density at radius 2 is 1.92 bits per heavy atom. The largest absolute Gasteiger partial charge is 0.310 e. The van der Waals surface area contributed by atoms with Gasteiger partial charge in [-0.25, -0.2) is 9.97 Å². The Morgan fingerprint density at radius 3 is 2.69 bits per heavy atom. The van der Waals surface area contributed by atoms with Crippen molar-refractivity contribution in [2.24, 2.45) is 0 Å². The predicted molar refractivity (Wildman–Crippen MR) is 104 cm³/mol. The summed E-state index contributed by atoms with van der Waals surface area (Å²) in [5.41, 5.74) is 2.82. The average Bonchev–Trinajstić information content (AvgIpc) is 3.13. The molecule has 0 aliphatic rings. The predicted octanol–water partition coefficient (Wildman–Crippen LogP) is 4.24. The summed E-state index contributed by atoms with van der Waals surface area (Å²) in [6, 6.07) is 15.4. The summed E-state index contributed by atoms with van der Waals surface area (Å²) in [7, 11) is 0. The Balaban J connectivity index is 1.64. The van der Waals surface area contributed by atoms with Gasteiger partial charge < -0.3 is 5.32 Å². The minimum absolute atomic E-state index is 0.105. The first-order valence-corrected chi connectivity index (χ1v) is 9.09. The van der Waals surface area contributed by atoms with Crippen molar-refractivity contribution in [1.82, 2.24) is 15.0 Å². The molecule has 128 valence electrons. The number of carbonyl (C=O) groups excluding carboxylic acids is 1. The maximum absolute atomic E-state index is 12.5. The van der Waals surface area contributed by atoms with Crippen molar-refractivity contribution in [2.75, 3.05) is 5.32 Å². The molecule has 0 saturated carbocycles. The fraction of sp³-hybridized carbons (Fsp3) is 0.100. The van der Waals surface area contributed by atoms with E-state index in [0.29, 0.717) is 23.8 Å². The van der Waals surface area contributed by atoms with E-state index in [-0.39, 0.29) is 5.91 Å². The van der Waals surface area contributed by atoms with Crippen molar-refractivity contribution in [3.63, 3.8) is 0 Å².